The lowest BCUT2D eigenvalue weighted by Gasteiger charge is -2.42. The summed E-state index contributed by atoms with van der Waals surface area (Å²) in [6, 6.07) is 8.93. The lowest BCUT2D eigenvalue weighted by atomic mass is 9.74. The Morgan fingerprint density at radius 1 is 1.21 bits per heavy atom. The van der Waals surface area contributed by atoms with Crippen LogP contribution < -0.4 is 11.3 Å². The quantitative estimate of drug-likeness (QED) is 0.611. The van der Waals surface area contributed by atoms with E-state index in [1.165, 1.54) is 17.5 Å². The van der Waals surface area contributed by atoms with Crippen LogP contribution in [0.15, 0.2) is 24.3 Å². The van der Waals surface area contributed by atoms with E-state index in [0.717, 1.165) is 19.3 Å². The van der Waals surface area contributed by atoms with Crippen LogP contribution in [0.2, 0.25) is 0 Å². The first-order valence-electron chi connectivity index (χ1n) is 7.21. The predicted molar refractivity (Wildman–Crippen MR) is 78.8 cm³/mol. The molecule has 1 fully saturated rings. The molecule has 0 aliphatic heterocycles. The summed E-state index contributed by atoms with van der Waals surface area (Å²) in [5.74, 6) is 6.30. The lowest BCUT2D eigenvalue weighted by Crippen LogP contribution is -2.44. The second-order valence-electron chi connectivity index (χ2n) is 5.99. The number of hydrogen-bond acceptors (Lipinski definition) is 3. The van der Waals surface area contributed by atoms with Gasteiger partial charge in [-0.25, -0.2) is 0 Å². The molecule has 0 heterocycles. The first-order valence-corrected chi connectivity index (χ1v) is 7.21. The van der Waals surface area contributed by atoms with Crippen LogP contribution in [-0.2, 0) is 4.74 Å². The number of nitrogens with one attached hydrogen (secondary N) is 1. The van der Waals surface area contributed by atoms with E-state index >= 15 is 0 Å². The van der Waals surface area contributed by atoms with Gasteiger partial charge in [0, 0.05) is 13.2 Å². The van der Waals surface area contributed by atoms with E-state index in [9.17, 15) is 0 Å². The highest BCUT2D eigenvalue weighted by Gasteiger charge is 2.39. The van der Waals surface area contributed by atoms with Gasteiger partial charge in [-0.2, -0.15) is 0 Å². The number of hydrogen-bond donors (Lipinski definition) is 2. The third kappa shape index (κ3) is 3.16. The fourth-order valence-electron chi connectivity index (χ4n) is 2.82. The van der Waals surface area contributed by atoms with E-state index in [2.05, 4.69) is 43.5 Å². The maximum atomic E-state index is 5.74. The Kier molecular flexibility index (Phi) is 4.61. The zero-order valence-electron chi connectivity index (χ0n) is 12.3. The Labute approximate surface area is 116 Å². The number of rotatable bonds is 6. The van der Waals surface area contributed by atoms with Gasteiger partial charge in [-0.3, -0.25) is 11.3 Å². The van der Waals surface area contributed by atoms with Gasteiger partial charge >= 0.3 is 0 Å². The zero-order chi connectivity index (χ0) is 13.9. The largest absolute Gasteiger partial charge is 0.378 e. The summed E-state index contributed by atoms with van der Waals surface area (Å²) in [5, 5.41) is 0. The van der Waals surface area contributed by atoms with Crippen molar-refractivity contribution >= 4 is 0 Å². The van der Waals surface area contributed by atoms with Crippen molar-refractivity contribution in [2.45, 2.75) is 57.1 Å². The minimum Gasteiger partial charge on any atom is -0.378 e. The summed E-state index contributed by atoms with van der Waals surface area (Å²) in [6.45, 7) is 4.42. The topological polar surface area (TPSA) is 47.3 Å². The van der Waals surface area contributed by atoms with Crippen LogP contribution in [0, 0.1) is 0 Å². The Balaban J connectivity index is 2.08. The van der Waals surface area contributed by atoms with E-state index in [0.29, 0.717) is 5.92 Å². The molecule has 106 valence electrons. The molecule has 1 atom stereocenters. The van der Waals surface area contributed by atoms with Crippen LogP contribution in [0.25, 0.3) is 0 Å². The standard InChI is InChI=1S/C16H26N2O/c1-12(2)13-5-7-14(8-6-13)15(18-17)11-16(19-3)9-4-10-16/h5-8,12,15,18H,4,9-11,17H2,1-3H3. The van der Waals surface area contributed by atoms with E-state index in [1.54, 1.807) is 0 Å². The van der Waals surface area contributed by atoms with Crippen LogP contribution in [0.4, 0.5) is 0 Å². The SMILES string of the molecule is COC1(CC(NN)c2ccc(C(C)C)cc2)CCC1. The first kappa shape index (κ1) is 14.5. The Morgan fingerprint density at radius 2 is 1.79 bits per heavy atom. The molecule has 2 rings (SSSR count). The van der Waals surface area contributed by atoms with Crippen molar-refractivity contribution in [3.63, 3.8) is 0 Å². The normalized spacial score (nSPS) is 19.2. The van der Waals surface area contributed by atoms with Gasteiger partial charge in [0.2, 0.25) is 0 Å². The van der Waals surface area contributed by atoms with Crippen molar-refractivity contribution < 1.29 is 4.74 Å². The highest BCUT2D eigenvalue weighted by Crippen LogP contribution is 2.41. The summed E-state index contributed by atoms with van der Waals surface area (Å²) < 4.78 is 5.69. The van der Waals surface area contributed by atoms with Crippen LogP contribution in [0.3, 0.4) is 0 Å². The van der Waals surface area contributed by atoms with Crippen molar-refractivity contribution in [3.05, 3.63) is 35.4 Å². The average molecular weight is 262 g/mol. The van der Waals surface area contributed by atoms with Gasteiger partial charge in [0.25, 0.3) is 0 Å². The minimum atomic E-state index is 0.0355. The fraction of sp³-hybridized carbons (Fsp3) is 0.625. The van der Waals surface area contributed by atoms with E-state index < -0.39 is 0 Å². The maximum absolute atomic E-state index is 5.74. The molecular weight excluding hydrogens is 236 g/mol. The van der Waals surface area contributed by atoms with Gasteiger partial charge in [0.05, 0.1) is 5.60 Å². The van der Waals surface area contributed by atoms with Gasteiger partial charge in [-0.15, -0.1) is 0 Å². The van der Waals surface area contributed by atoms with E-state index in [1.807, 2.05) is 7.11 Å². The van der Waals surface area contributed by atoms with Gasteiger partial charge in [0.15, 0.2) is 0 Å². The molecule has 1 aliphatic carbocycles. The molecule has 0 amide bonds. The number of hydrazine groups is 1. The van der Waals surface area contributed by atoms with E-state index in [4.69, 9.17) is 10.6 Å². The summed E-state index contributed by atoms with van der Waals surface area (Å²) >= 11 is 0. The molecular formula is C16H26N2O. The summed E-state index contributed by atoms with van der Waals surface area (Å²) in [7, 11) is 1.81. The van der Waals surface area contributed by atoms with Gasteiger partial charge in [-0.05, 0) is 42.7 Å². The predicted octanol–water partition coefficient (Wildman–Crippen LogP) is 3.27. The fourth-order valence-corrected chi connectivity index (χ4v) is 2.82. The van der Waals surface area contributed by atoms with Crippen molar-refractivity contribution in [3.8, 4) is 0 Å². The molecule has 3 heteroatoms. The van der Waals surface area contributed by atoms with Crippen LogP contribution >= 0.6 is 0 Å². The molecule has 0 aromatic heterocycles. The maximum Gasteiger partial charge on any atom is 0.0697 e. The number of nitrogens with two attached hydrogens (primary N) is 1. The molecule has 0 saturated heterocycles. The van der Waals surface area contributed by atoms with Crippen molar-refractivity contribution in [1.82, 2.24) is 5.43 Å². The monoisotopic (exact) mass is 262 g/mol. The Bertz CT molecular complexity index is 390. The summed E-state index contributed by atoms with van der Waals surface area (Å²) in [4.78, 5) is 0. The number of ether oxygens (including phenoxy) is 1. The molecule has 1 aromatic rings. The smallest absolute Gasteiger partial charge is 0.0697 e. The summed E-state index contributed by atoms with van der Waals surface area (Å²) in [5.41, 5.74) is 5.59. The van der Waals surface area contributed by atoms with Crippen molar-refractivity contribution in [2.75, 3.05) is 7.11 Å². The molecule has 3 nitrogen and oxygen atoms in total. The minimum absolute atomic E-state index is 0.0355. The third-order valence-corrected chi connectivity index (χ3v) is 4.48. The van der Waals surface area contributed by atoms with Gasteiger partial charge in [0.1, 0.15) is 0 Å². The molecule has 1 saturated carbocycles. The average Bonchev–Trinajstić information content (AvgIpc) is 2.39. The van der Waals surface area contributed by atoms with Crippen LogP contribution in [-0.4, -0.2) is 12.7 Å². The first-order chi connectivity index (χ1) is 9.10. The highest BCUT2D eigenvalue weighted by molar-refractivity contribution is 5.27. The second kappa shape index (κ2) is 6.04. The molecule has 3 N–H and O–H groups in total. The summed E-state index contributed by atoms with van der Waals surface area (Å²) in [6.07, 6.45) is 4.50. The Morgan fingerprint density at radius 3 is 2.16 bits per heavy atom. The van der Waals surface area contributed by atoms with Crippen LogP contribution in [0.1, 0.15) is 62.6 Å². The molecule has 0 radical (unpaired) electrons. The molecule has 1 aromatic carbocycles. The van der Waals surface area contributed by atoms with E-state index in [-0.39, 0.29) is 11.6 Å². The second-order valence-corrected chi connectivity index (χ2v) is 5.99. The van der Waals surface area contributed by atoms with Gasteiger partial charge < -0.3 is 4.74 Å². The van der Waals surface area contributed by atoms with Crippen LogP contribution in [0.5, 0.6) is 0 Å². The highest BCUT2D eigenvalue weighted by atomic mass is 16.5. The third-order valence-electron chi connectivity index (χ3n) is 4.48. The molecule has 19 heavy (non-hydrogen) atoms. The Hall–Kier alpha value is -0.900. The molecule has 0 spiro atoms. The lowest BCUT2D eigenvalue weighted by molar-refractivity contribution is -0.0838. The van der Waals surface area contributed by atoms with Gasteiger partial charge in [-0.1, -0.05) is 38.1 Å². The zero-order valence-corrected chi connectivity index (χ0v) is 12.3. The molecule has 1 aliphatic rings. The number of methoxy groups -OCH3 is 1. The van der Waals surface area contributed by atoms with Crippen molar-refractivity contribution in [2.24, 2.45) is 5.84 Å². The van der Waals surface area contributed by atoms with Crippen molar-refractivity contribution in [1.29, 1.82) is 0 Å². The number of benzene rings is 1. The molecule has 1 unspecified atom stereocenters. The molecule has 0 bridgehead atoms.